The molecular weight excluding hydrogens is 705 g/mol. The third-order valence-electron chi connectivity index (χ3n) is 12.7. The van der Waals surface area contributed by atoms with Gasteiger partial charge in [-0.05, 0) is 105 Å². The highest BCUT2D eigenvalue weighted by Crippen LogP contribution is 2.67. The first-order chi connectivity index (χ1) is 28.8. The average Bonchev–Trinajstić information content (AvgIpc) is 3.31. The summed E-state index contributed by atoms with van der Waals surface area (Å²) >= 11 is 0. The van der Waals surface area contributed by atoms with E-state index in [9.17, 15) is 0 Å². The number of hydrogen-bond donors (Lipinski definition) is 0. The molecule has 0 saturated carbocycles. The van der Waals surface area contributed by atoms with Crippen molar-refractivity contribution in [1.29, 1.82) is 0 Å². The predicted octanol–water partition coefficient (Wildman–Crippen LogP) is 12.8. The van der Waals surface area contributed by atoms with Crippen LogP contribution in [0.25, 0.3) is 11.3 Å². The molecule has 58 heavy (non-hydrogen) atoms. The quantitative estimate of drug-likeness (QED) is 0.181. The molecule has 0 unspecified atom stereocenters. The Bertz CT molecular complexity index is 2880. The molecule has 0 fully saturated rings. The molecule has 3 aliphatic rings. The van der Waals surface area contributed by atoms with Crippen LogP contribution in [0.4, 0.5) is 34.1 Å². The van der Waals surface area contributed by atoms with Crippen molar-refractivity contribution >= 4 is 34.1 Å². The Hall–Kier alpha value is -7.56. The first-order valence-corrected chi connectivity index (χ1v) is 19.9. The molecule has 0 bridgehead atoms. The lowest BCUT2D eigenvalue weighted by Crippen LogP contribution is -2.49. The normalized spacial score (nSPS) is 14.8. The van der Waals surface area contributed by atoms with E-state index in [2.05, 4.69) is 202 Å². The number of hydrogen-bond acceptors (Lipinski definition) is 4. The van der Waals surface area contributed by atoms with Crippen LogP contribution in [0.5, 0.6) is 0 Å². The maximum absolute atomic E-state index is 4.63. The summed E-state index contributed by atoms with van der Waals surface area (Å²) in [5.74, 6) is 0. The van der Waals surface area contributed by atoms with Gasteiger partial charge in [-0.15, -0.1) is 0 Å². The number of fused-ring (bicyclic) bond motifs is 14. The number of anilines is 6. The third kappa shape index (κ3) is 4.24. The van der Waals surface area contributed by atoms with Crippen LogP contribution < -0.4 is 9.80 Å². The van der Waals surface area contributed by atoms with Crippen molar-refractivity contribution < 1.29 is 0 Å². The minimum absolute atomic E-state index is 0.618. The Morgan fingerprint density at radius 2 is 0.707 bits per heavy atom. The summed E-state index contributed by atoms with van der Waals surface area (Å²) in [6.45, 7) is 0. The molecule has 2 spiro atoms. The molecule has 12 rings (SSSR count). The first-order valence-electron chi connectivity index (χ1n) is 19.9. The second-order valence-corrected chi connectivity index (χ2v) is 15.3. The molecule has 4 heterocycles. The molecule has 7 aromatic carbocycles. The first kappa shape index (κ1) is 32.7. The molecule has 0 atom stereocenters. The Labute approximate surface area is 338 Å². The number of benzene rings is 7. The van der Waals surface area contributed by atoms with E-state index in [-0.39, 0.29) is 0 Å². The number of pyridine rings is 2. The maximum atomic E-state index is 4.63. The van der Waals surface area contributed by atoms with E-state index in [1.807, 2.05) is 36.8 Å². The SMILES string of the molecule is c1ccc(-c2ccc(N3c4ccccc4C4(c5ccccc53)c3ccccc3C3(c5ccccc5N(c5cccnc5)c5ccccc53)c3ccccc34)cc2)nc1. The van der Waals surface area contributed by atoms with Crippen molar-refractivity contribution in [2.24, 2.45) is 0 Å². The van der Waals surface area contributed by atoms with Gasteiger partial charge < -0.3 is 9.80 Å². The van der Waals surface area contributed by atoms with E-state index in [1.165, 1.54) is 55.9 Å². The third-order valence-corrected chi connectivity index (χ3v) is 12.7. The standard InChI is InChI=1S/C54H36N4/c1-3-19-42-40(17-1)53(44-21-5-9-26-49(44)57(50-27-10-6-22-45(50)53)38-32-30-37(31-33-38)48-25-13-14-35-56-48)41-18-2-4-20-43(41)54(42)46-23-7-11-28-51(46)58(39-16-15-34-55-36-39)52-29-12-8-24-47(52)54/h1-36H. The minimum atomic E-state index is -0.625. The van der Waals surface area contributed by atoms with Crippen LogP contribution in [0.1, 0.15) is 44.5 Å². The molecule has 2 aliphatic heterocycles. The van der Waals surface area contributed by atoms with Crippen LogP contribution in [0.2, 0.25) is 0 Å². The Balaban J connectivity index is 1.17. The van der Waals surface area contributed by atoms with Gasteiger partial charge in [-0.2, -0.15) is 0 Å². The van der Waals surface area contributed by atoms with Gasteiger partial charge in [0, 0.05) is 23.6 Å². The van der Waals surface area contributed by atoms with Gasteiger partial charge >= 0.3 is 0 Å². The lowest BCUT2D eigenvalue weighted by Gasteiger charge is -2.56. The fraction of sp³-hybridized carbons (Fsp3) is 0.0370. The molecule has 272 valence electrons. The summed E-state index contributed by atoms with van der Waals surface area (Å²) in [5, 5.41) is 0. The fourth-order valence-corrected chi connectivity index (χ4v) is 10.6. The number of rotatable bonds is 3. The summed E-state index contributed by atoms with van der Waals surface area (Å²) in [5.41, 5.74) is 17.8. The topological polar surface area (TPSA) is 32.3 Å². The van der Waals surface area contributed by atoms with Crippen LogP contribution in [0, 0.1) is 0 Å². The van der Waals surface area contributed by atoms with Crippen molar-refractivity contribution in [3.05, 3.63) is 263 Å². The van der Waals surface area contributed by atoms with Crippen molar-refractivity contribution in [3.63, 3.8) is 0 Å². The smallest absolute Gasteiger partial charge is 0.0748 e. The molecule has 4 heteroatoms. The van der Waals surface area contributed by atoms with Crippen LogP contribution >= 0.6 is 0 Å². The monoisotopic (exact) mass is 740 g/mol. The van der Waals surface area contributed by atoms with E-state index < -0.39 is 10.8 Å². The van der Waals surface area contributed by atoms with Crippen molar-refractivity contribution in [2.45, 2.75) is 10.8 Å². The average molecular weight is 741 g/mol. The number of para-hydroxylation sites is 4. The predicted molar refractivity (Wildman–Crippen MR) is 234 cm³/mol. The number of nitrogens with zero attached hydrogens (tertiary/aromatic N) is 4. The summed E-state index contributed by atoms with van der Waals surface area (Å²) in [6, 6.07) is 73.7. The summed E-state index contributed by atoms with van der Waals surface area (Å²) in [6.07, 6.45) is 5.67. The number of aromatic nitrogens is 2. The molecule has 1 aliphatic carbocycles. The molecule has 2 aromatic heterocycles. The summed E-state index contributed by atoms with van der Waals surface area (Å²) < 4.78 is 0. The van der Waals surface area contributed by atoms with Gasteiger partial charge in [0.15, 0.2) is 0 Å². The highest BCUT2D eigenvalue weighted by atomic mass is 15.2. The molecule has 0 N–H and O–H groups in total. The summed E-state index contributed by atoms with van der Waals surface area (Å²) in [7, 11) is 0. The Morgan fingerprint density at radius 1 is 0.310 bits per heavy atom. The molecule has 0 saturated heterocycles. The van der Waals surface area contributed by atoms with Gasteiger partial charge in [0.25, 0.3) is 0 Å². The lowest BCUT2D eigenvalue weighted by molar-refractivity contribution is 0.607. The zero-order chi connectivity index (χ0) is 38.3. The fourth-order valence-electron chi connectivity index (χ4n) is 10.6. The van der Waals surface area contributed by atoms with E-state index >= 15 is 0 Å². The minimum Gasteiger partial charge on any atom is -0.310 e. The second kappa shape index (κ2) is 12.5. The van der Waals surface area contributed by atoms with Crippen LogP contribution in [-0.2, 0) is 10.8 Å². The largest absolute Gasteiger partial charge is 0.310 e. The lowest BCUT2D eigenvalue weighted by atomic mass is 9.49. The van der Waals surface area contributed by atoms with Crippen LogP contribution in [-0.4, -0.2) is 9.97 Å². The van der Waals surface area contributed by atoms with Crippen molar-refractivity contribution in [2.75, 3.05) is 9.80 Å². The molecule has 0 radical (unpaired) electrons. The van der Waals surface area contributed by atoms with E-state index in [0.29, 0.717) is 0 Å². The summed E-state index contributed by atoms with van der Waals surface area (Å²) in [4.78, 5) is 14.0. The second-order valence-electron chi connectivity index (χ2n) is 15.3. The van der Waals surface area contributed by atoms with Gasteiger partial charge in [-0.1, -0.05) is 140 Å². The molecule has 0 amide bonds. The van der Waals surface area contributed by atoms with E-state index in [4.69, 9.17) is 0 Å². The maximum Gasteiger partial charge on any atom is 0.0748 e. The Morgan fingerprint density at radius 3 is 1.10 bits per heavy atom. The van der Waals surface area contributed by atoms with Crippen LogP contribution in [0.15, 0.2) is 219 Å². The molecular formula is C54H36N4. The molecule has 9 aromatic rings. The van der Waals surface area contributed by atoms with Crippen molar-refractivity contribution in [3.8, 4) is 11.3 Å². The van der Waals surface area contributed by atoms with Crippen LogP contribution in [0.3, 0.4) is 0 Å². The van der Waals surface area contributed by atoms with Gasteiger partial charge in [0.1, 0.15) is 0 Å². The van der Waals surface area contributed by atoms with E-state index in [1.54, 1.807) is 0 Å². The highest BCUT2D eigenvalue weighted by molar-refractivity contribution is 5.95. The van der Waals surface area contributed by atoms with E-state index in [0.717, 1.165) is 34.0 Å². The van der Waals surface area contributed by atoms with Gasteiger partial charge in [0.2, 0.25) is 0 Å². The zero-order valence-electron chi connectivity index (χ0n) is 31.6. The van der Waals surface area contributed by atoms with Gasteiger partial charge in [-0.25, -0.2) is 0 Å². The van der Waals surface area contributed by atoms with Gasteiger partial charge in [-0.3, -0.25) is 9.97 Å². The van der Waals surface area contributed by atoms with Gasteiger partial charge in [0.05, 0.1) is 51.2 Å². The van der Waals surface area contributed by atoms with Crippen molar-refractivity contribution in [1.82, 2.24) is 9.97 Å². The zero-order valence-corrected chi connectivity index (χ0v) is 31.6. The molecule has 4 nitrogen and oxygen atoms in total. The Kier molecular flexibility index (Phi) is 7.02. The highest BCUT2D eigenvalue weighted by Gasteiger charge is 2.58.